The summed E-state index contributed by atoms with van der Waals surface area (Å²) < 4.78 is 55.9. The van der Waals surface area contributed by atoms with Crippen molar-refractivity contribution in [2.24, 2.45) is 0 Å². The minimum Gasteiger partial charge on any atom is -0.496 e. The summed E-state index contributed by atoms with van der Waals surface area (Å²) in [5, 5.41) is 2.26. The van der Waals surface area contributed by atoms with Crippen LogP contribution >= 0.6 is 0 Å². The Morgan fingerprint density at radius 1 is 1.33 bits per heavy atom. The lowest BCUT2D eigenvalue weighted by molar-refractivity contribution is 0.0635. The fraction of sp³-hybridized carbons (Fsp3) is 0.500. The monoisotopic (exact) mass is 257 g/mol. The van der Waals surface area contributed by atoms with Crippen molar-refractivity contribution in [1.82, 2.24) is 0 Å². The molecule has 0 saturated carbocycles. The molecule has 100 valence electrons. The van der Waals surface area contributed by atoms with Crippen molar-refractivity contribution in [3.63, 3.8) is 0 Å². The van der Waals surface area contributed by atoms with Gasteiger partial charge in [-0.3, -0.25) is 5.32 Å². The van der Waals surface area contributed by atoms with Gasteiger partial charge in [-0.1, -0.05) is 6.07 Å². The topological polar surface area (TPSA) is 47.6 Å². The summed E-state index contributed by atoms with van der Waals surface area (Å²) in [5.41, 5.74) is -1.86. The Balaban J connectivity index is 3.54. The molecule has 0 unspecified atom stereocenters. The number of hydrogen-bond acceptors (Lipinski definition) is 3. The number of anilines is 1. The van der Waals surface area contributed by atoms with Gasteiger partial charge in [0, 0.05) is 13.8 Å². The minimum absolute atomic E-state index is 0.0472. The molecule has 0 radical (unpaired) electrons. The predicted octanol–water partition coefficient (Wildman–Crippen LogP) is 3.66. The smallest absolute Gasteiger partial charge is 0.412 e. The fourth-order valence-electron chi connectivity index (χ4n) is 1.29. The quantitative estimate of drug-likeness (QED) is 0.879. The molecule has 4 nitrogen and oxygen atoms in total. The standard InChI is InChI=1S/C14H21NO3/c1-9-7-8-11(17-6)10(2)12(9)15-13(16)18-14(3,4)5/h7-8H,1-6H3,(H,15,16)/i1D3,2D3. The van der Waals surface area contributed by atoms with Gasteiger partial charge in [-0.2, -0.15) is 0 Å². The molecular formula is C14H21NO3. The zero-order valence-electron chi connectivity index (χ0n) is 16.9. The average molecular weight is 257 g/mol. The second-order valence-electron chi connectivity index (χ2n) is 4.69. The van der Waals surface area contributed by atoms with Gasteiger partial charge in [0.2, 0.25) is 0 Å². The Bertz CT molecular complexity index is 617. The van der Waals surface area contributed by atoms with E-state index >= 15 is 0 Å². The van der Waals surface area contributed by atoms with E-state index in [9.17, 15) is 4.79 Å². The maximum absolute atomic E-state index is 12.0. The van der Waals surface area contributed by atoms with Crippen LogP contribution in [0.3, 0.4) is 0 Å². The Morgan fingerprint density at radius 3 is 2.56 bits per heavy atom. The number of amides is 1. The van der Waals surface area contributed by atoms with Crippen molar-refractivity contribution >= 4 is 11.8 Å². The SMILES string of the molecule is [2H]C([2H])([2H])c1ccc(OC)c(C([2H])([2H])[2H])c1NC(=O)OC(C)(C)C. The highest BCUT2D eigenvalue weighted by molar-refractivity contribution is 5.87. The highest BCUT2D eigenvalue weighted by Crippen LogP contribution is 2.29. The van der Waals surface area contributed by atoms with Gasteiger partial charge in [-0.05, 0) is 46.1 Å². The van der Waals surface area contributed by atoms with Gasteiger partial charge in [0.15, 0.2) is 0 Å². The summed E-state index contributed by atoms with van der Waals surface area (Å²) >= 11 is 0. The Morgan fingerprint density at radius 2 is 2.06 bits per heavy atom. The second kappa shape index (κ2) is 5.29. The first kappa shape index (κ1) is 7.67. The summed E-state index contributed by atoms with van der Waals surface area (Å²) in [5.74, 6) is -0.0472. The van der Waals surface area contributed by atoms with E-state index < -0.39 is 25.4 Å². The Hall–Kier alpha value is -1.71. The molecule has 0 atom stereocenters. The highest BCUT2D eigenvalue weighted by atomic mass is 16.6. The molecule has 0 spiro atoms. The van der Waals surface area contributed by atoms with Gasteiger partial charge in [-0.25, -0.2) is 4.79 Å². The van der Waals surface area contributed by atoms with Crippen LogP contribution in [-0.4, -0.2) is 18.8 Å². The van der Waals surface area contributed by atoms with Gasteiger partial charge < -0.3 is 9.47 Å². The molecule has 0 aromatic heterocycles. The molecule has 0 bridgehead atoms. The van der Waals surface area contributed by atoms with Gasteiger partial charge in [-0.15, -0.1) is 0 Å². The third kappa shape index (κ3) is 3.65. The molecular weight excluding hydrogens is 230 g/mol. The van der Waals surface area contributed by atoms with E-state index in [1.807, 2.05) is 0 Å². The van der Waals surface area contributed by atoms with Gasteiger partial charge in [0.25, 0.3) is 0 Å². The number of benzene rings is 1. The first-order valence-corrected chi connectivity index (χ1v) is 5.39. The summed E-state index contributed by atoms with van der Waals surface area (Å²) in [7, 11) is 1.26. The van der Waals surface area contributed by atoms with Crippen LogP contribution in [0.25, 0.3) is 0 Å². The summed E-state index contributed by atoms with van der Waals surface area (Å²) in [6.45, 7) is -0.429. The number of carbonyl (C=O) groups is 1. The lowest BCUT2D eigenvalue weighted by Crippen LogP contribution is -2.27. The number of rotatable bonds is 2. The third-order valence-electron chi connectivity index (χ3n) is 2.01. The third-order valence-corrected chi connectivity index (χ3v) is 2.01. The number of aryl methyl sites for hydroxylation is 1. The van der Waals surface area contributed by atoms with Gasteiger partial charge >= 0.3 is 6.09 Å². The number of methoxy groups -OCH3 is 1. The molecule has 4 heteroatoms. The zero-order valence-corrected chi connectivity index (χ0v) is 10.9. The van der Waals surface area contributed by atoms with Crippen LogP contribution in [0.15, 0.2) is 12.1 Å². The van der Waals surface area contributed by atoms with E-state index in [2.05, 4.69) is 5.32 Å². The van der Waals surface area contributed by atoms with Crippen LogP contribution in [-0.2, 0) is 4.74 Å². The second-order valence-corrected chi connectivity index (χ2v) is 4.69. The largest absolute Gasteiger partial charge is 0.496 e. The summed E-state index contributed by atoms with van der Waals surface area (Å²) in [6.07, 6.45) is -0.952. The van der Waals surface area contributed by atoms with E-state index in [0.29, 0.717) is 0 Å². The average Bonchev–Trinajstić information content (AvgIpc) is 2.32. The van der Waals surface area contributed by atoms with Crippen LogP contribution < -0.4 is 10.1 Å². The number of hydrogen-bond donors (Lipinski definition) is 1. The van der Waals surface area contributed by atoms with Crippen molar-refractivity contribution in [2.75, 3.05) is 12.4 Å². The maximum Gasteiger partial charge on any atom is 0.412 e. The molecule has 0 aliphatic carbocycles. The Kier molecular flexibility index (Phi) is 2.25. The summed E-state index contributed by atoms with van der Waals surface area (Å²) in [4.78, 5) is 12.0. The van der Waals surface area contributed by atoms with E-state index in [0.717, 1.165) is 0 Å². The van der Waals surface area contributed by atoms with Crippen molar-refractivity contribution < 1.29 is 22.5 Å². The molecule has 0 aliphatic rings. The molecule has 1 rings (SSSR count). The molecule has 1 N–H and O–H groups in total. The van der Waals surface area contributed by atoms with Crippen LogP contribution in [0.1, 0.15) is 40.1 Å². The number of nitrogens with one attached hydrogen (secondary N) is 1. The fourth-order valence-corrected chi connectivity index (χ4v) is 1.29. The lowest BCUT2D eigenvalue weighted by atomic mass is 10.1. The Labute approximate surface area is 117 Å². The highest BCUT2D eigenvalue weighted by Gasteiger charge is 2.18. The molecule has 0 aliphatic heterocycles. The molecule has 18 heavy (non-hydrogen) atoms. The van der Waals surface area contributed by atoms with Crippen molar-refractivity contribution in [1.29, 1.82) is 0 Å². The first-order chi connectivity index (χ1) is 10.7. The summed E-state index contributed by atoms with van der Waals surface area (Å²) in [6, 6.07) is 2.46. The van der Waals surface area contributed by atoms with E-state index in [1.54, 1.807) is 20.8 Å². The molecule has 1 amide bonds. The van der Waals surface area contributed by atoms with Crippen LogP contribution in [0.4, 0.5) is 10.5 Å². The van der Waals surface area contributed by atoms with Crippen LogP contribution in [0.5, 0.6) is 5.75 Å². The van der Waals surface area contributed by atoms with Crippen molar-refractivity contribution in [3.8, 4) is 5.75 Å². The van der Waals surface area contributed by atoms with Crippen LogP contribution in [0.2, 0.25) is 0 Å². The molecule has 1 aromatic rings. The van der Waals surface area contributed by atoms with E-state index in [-0.39, 0.29) is 22.6 Å². The predicted molar refractivity (Wildman–Crippen MR) is 72.3 cm³/mol. The molecule has 0 saturated heterocycles. The molecule has 0 heterocycles. The van der Waals surface area contributed by atoms with Gasteiger partial charge in [0.1, 0.15) is 11.4 Å². The van der Waals surface area contributed by atoms with E-state index in [4.69, 9.17) is 17.7 Å². The van der Waals surface area contributed by atoms with E-state index in [1.165, 1.54) is 19.2 Å². The number of carbonyl (C=O) groups excluding carboxylic acids is 1. The lowest BCUT2D eigenvalue weighted by Gasteiger charge is -2.21. The van der Waals surface area contributed by atoms with Crippen molar-refractivity contribution in [2.45, 2.75) is 40.1 Å². The van der Waals surface area contributed by atoms with Crippen molar-refractivity contribution in [3.05, 3.63) is 23.3 Å². The first-order valence-electron chi connectivity index (χ1n) is 8.39. The molecule has 0 fully saturated rings. The maximum atomic E-state index is 12.0. The molecule has 1 aromatic carbocycles. The number of ether oxygens (including phenoxy) is 2. The normalized spacial score (nSPS) is 17.3. The minimum atomic E-state index is -2.70. The van der Waals surface area contributed by atoms with Crippen LogP contribution in [0, 0.1) is 13.7 Å². The zero-order chi connectivity index (χ0) is 18.9. The van der Waals surface area contributed by atoms with Gasteiger partial charge in [0.05, 0.1) is 12.8 Å².